The molecule has 0 aromatic heterocycles. The van der Waals surface area contributed by atoms with Gasteiger partial charge in [0.05, 0.1) is 9.95 Å². The monoisotopic (exact) mass is 301 g/mol. The third-order valence-electron chi connectivity index (χ3n) is 2.39. The molecule has 0 unspecified atom stereocenters. The summed E-state index contributed by atoms with van der Waals surface area (Å²) < 4.78 is 0. The molecule has 18 heavy (non-hydrogen) atoms. The van der Waals surface area contributed by atoms with Crippen molar-refractivity contribution in [1.29, 1.82) is 0 Å². The fourth-order valence-electron chi connectivity index (χ4n) is 1.53. The van der Waals surface area contributed by atoms with Crippen molar-refractivity contribution in [1.82, 2.24) is 0 Å². The van der Waals surface area contributed by atoms with Crippen LogP contribution in [0.3, 0.4) is 0 Å². The molecule has 2 aromatic carbocycles. The molecule has 3 nitrogen and oxygen atoms in total. The third-order valence-corrected chi connectivity index (χ3v) is 3.26. The molecule has 0 aliphatic carbocycles. The highest BCUT2D eigenvalue weighted by atomic mass is 35.5. The average molecular weight is 303 g/mol. The van der Waals surface area contributed by atoms with Gasteiger partial charge in [0.15, 0.2) is 0 Å². The number of halogens is 3. The maximum atomic E-state index is 10.7. The summed E-state index contributed by atoms with van der Waals surface area (Å²) in [6.07, 6.45) is 0. The zero-order chi connectivity index (χ0) is 13.3. The van der Waals surface area contributed by atoms with E-state index in [9.17, 15) is 10.1 Å². The number of rotatable bonds is 2. The van der Waals surface area contributed by atoms with Gasteiger partial charge < -0.3 is 0 Å². The van der Waals surface area contributed by atoms with Crippen molar-refractivity contribution in [2.45, 2.75) is 0 Å². The first kappa shape index (κ1) is 13.1. The van der Waals surface area contributed by atoms with Crippen molar-refractivity contribution in [2.75, 3.05) is 0 Å². The van der Waals surface area contributed by atoms with Gasteiger partial charge in [-0.3, -0.25) is 10.1 Å². The van der Waals surface area contributed by atoms with E-state index in [4.69, 9.17) is 34.8 Å². The standard InChI is InChI=1S/C12H6Cl3NO2/c13-8-3-1-7(2-4-8)9-5-11(15)12(16(17)18)6-10(9)14/h1-6H. The minimum Gasteiger partial charge on any atom is -0.258 e. The smallest absolute Gasteiger partial charge is 0.258 e. The minimum absolute atomic E-state index is 0.0503. The third kappa shape index (κ3) is 2.58. The van der Waals surface area contributed by atoms with E-state index in [-0.39, 0.29) is 15.7 Å². The van der Waals surface area contributed by atoms with Crippen LogP contribution in [-0.4, -0.2) is 4.92 Å². The van der Waals surface area contributed by atoms with Gasteiger partial charge in [0.1, 0.15) is 5.02 Å². The molecule has 0 radical (unpaired) electrons. The Morgan fingerprint density at radius 3 is 2.11 bits per heavy atom. The maximum Gasteiger partial charge on any atom is 0.289 e. The van der Waals surface area contributed by atoms with Gasteiger partial charge >= 0.3 is 0 Å². The van der Waals surface area contributed by atoms with Crippen molar-refractivity contribution in [3.63, 3.8) is 0 Å². The molecule has 2 rings (SSSR count). The number of hydrogen-bond acceptors (Lipinski definition) is 2. The molecular formula is C12H6Cl3NO2. The Bertz CT molecular complexity index is 611. The van der Waals surface area contributed by atoms with Gasteiger partial charge in [-0.05, 0) is 23.8 Å². The molecule has 6 heteroatoms. The van der Waals surface area contributed by atoms with Crippen LogP contribution >= 0.6 is 34.8 Å². The van der Waals surface area contributed by atoms with Crippen LogP contribution in [0.15, 0.2) is 36.4 Å². The maximum absolute atomic E-state index is 10.7. The number of benzene rings is 2. The summed E-state index contributed by atoms with van der Waals surface area (Å²) in [5, 5.41) is 11.6. The van der Waals surface area contributed by atoms with Gasteiger partial charge in [0.25, 0.3) is 5.69 Å². The summed E-state index contributed by atoms with van der Waals surface area (Å²) in [5.41, 5.74) is 1.21. The second-order valence-electron chi connectivity index (χ2n) is 3.55. The van der Waals surface area contributed by atoms with E-state index >= 15 is 0 Å². The van der Waals surface area contributed by atoms with Crippen molar-refractivity contribution in [2.24, 2.45) is 0 Å². The van der Waals surface area contributed by atoms with Crippen LogP contribution in [0.2, 0.25) is 15.1 Å². The first-order valence-electron chi connectivity index (χ1n) is 4.88. The molecule has 0 heterocycles. The van der Waals surface area contributed by atoms with Crippen LogP contribution in [0.1, 0.15) is 0 Å². The Labute approximate surface area is 118 Å². The molecule has 0 aliphatic heterocycles. The van der Waals surface area contributed by atoms with E-state index in [2.05, 4.69) is 0 Å². The Kier molecular flexibility index (Phi) is 3.76. The molecule has 0 aliphatic rings. The van der Waals surface area contributed by atoms with Gasteiger partial charge in [0, 0.05) is 16.7 Å². The average Bonchev–Trinajstić information content (AvgIpc) is 2.32. The molecule has 0 saturated heterocycles. The first-order valence-corrected chi connectivity index (χ1v) is 6.02. The van der Waals surface area contributed by atoms with E-state index in [0.717, 1.165) is 5.56 Å². The summed E-state index contributed by atoms with van der Waals surface area (Å²) in [5.74, 6) is 0. The van der Waals surface area contributed by atoms with Crippen LogP contribution < -0.4 is 0 Å². The fraction of sp³-hybridized carbons (Fsp3) is 0. The normalized spacial score (nSPS) is 10.4. The number of nitrogens with zero attached hydrogens (tertiary/aromatic N) is 1. The van der Waals surface area contributed by atoms with E-state index in [1.807, 2.05) is 0 Å². The number of nitro benzene ring substituents is 1. The largest absolute Gasteiger partial charge is 0.289 e. The lowest BCUT2D eigenvalue weighted by Gasteiger charge is -2.06. The van der Waals surface area contributed by atoms with Crippen LogP contribution in [-0.2, 0) is 0 Å². The molecular weight excluding hydrogens is 296 g/mol. The van der Waals surface area contributed by atoms with Crippen molar-refractivity contribution >= 4 is 40.5 Å². The second kappa shape index (κ2) is 5.14. The highest BCUT2D eigenvalue weighted by Crippen LogP contribution is 2.36. The topological polar surface area (TPSA) is 43.1 Å². The molecule has 2 aromatic rings. The predicted octanol–water partition coefficient (Wildman–Crippen LogP) is 5.22. The molecule has 0 N–H and O–H groups in total. The Hall–Kier alpha value is -1.29. The first-order chi connectivity index (χ1) is 8.49. The van der Waals surface area contributed by atoms with Gasteiger partial charge in [0.2, 0.25) is 0 Å². The summed E-state index contributed by atoms with van der Waals surface area (Å²) in [4.78, 5) is 10.1. The predicted molar refractivity (Wildman–Crippen MR) is 73.6 cm³/mol. The SMILES string of the molecule is O=[N+]([O-])c1cc(Cl)c(-c2ccc(Cl)cc2)cc1Cl. The molecule has 0 amide bonds. The lowest BCUT2D eigenvalue weighted by Crippen LogP contribution is -1.90. The zero-order valence-electron chi connectivity index (χ0n) is 8.86. The van der Waals surface area contributed by atoms with E-state index in [1.54, 1.807) is 24.3 Å². The molecule has 0 bridgehead atoms. The molecule has 0 fully saturated rings. The van der Waals surface area contributed by atoms with Gasteiger partial charge in [-0.1, -0.05) is 46.9 Å². The highest BCUT2D eigenvalue weighted by molar-refractivity contribution is 6.37. The van der Waals surface area contributed by atoms with Gasteiger partial charge in [-0.15, -0.1) is 0 Å². The van der Waals surface area contributed by atoms with Crippen molar-refractivity contribution in [3.05, 3.63) is 61.6 Å². The minimum atomic E-state index is -0.570. The van der Waals surface area contributed by atoms with Crippen LogP contribution in [0.4, 0.5) is 5.69 Å². The Balaban J connectivity index is 2.56. The lowest BCUT2D eigenvalue weighted by atomic mass is 10.1. The summed E-state index contributed by atoms with van der Waals surface area (Å²) in [6, 6.07) is 9.68. The summed E-state index contributed by atoms with van der Waals surface area (Å²) in [6.45, 7) is 0. The summed E-state index contributed by atoms with van der Waals surface area (Å²) >= 11 is 17.7. The number of hydrogen-bond donors (Lipinski definition) is 0. The number of nitro groups is 1. The Morgan fingerprint density at radius 2 is 1.56 bits per heavy atom. The second-order valence-corrected chi connectivity index (χ2v) is 4.80. The zero-order valence-corrected chi connectivity index (χ0v) is 11.1. The Morgan fingerprint density at radius 1 is 0.944 bits per heavy atom. The van der Waals surface area contributed by atoms with E-state index < -0.39 is 4.92 Å². The van der Waals surface area contributed by atoms with E-state index in [1.165, 1.54) is 12.1 Å². The van der Waals surface area contributed by atoms with Crippen LogP contribution in [0, 0.1) is 10.1 Å². The quantitative estimate of drug-likeness (QED) is 0.563. The van der Waals surface area contributed by atoms with Gasteiger partial charge in [-0.2, -0.15) is 0 Å². The molecule has 0 saturated carbocycles. The van der Waals surface area contributed by atoms with Gasteiger partial charge in [-0.25, -0.2) is 0 Å². The fourth-order valence-corrected chi connectivity index (χ4v) is 2.15. The molecule has 0 spiro atoms. The summed E-state index contributed by atoms with van der Waals surface area (Å²) in [7, 11) is 0. The lowest BCUT2D eigenvalue weighted by molar-refractivity contribution is -0.384. The van der Waals surface area contributed by atoms with Crippen molar-refractivity contribution in [3.8, 4) is 11.1 Å². The van der Waals surface area contributed by atoms with E-state index in [0.29, 0.717) is 10.6 Å². The van der Waals surface area contributed by atoms with Crippen LogP contribution in [0.5, 0.6) is 0 Å². The molecule has 0 atom stereocenters. The molecule has 92 valence electrons. The highest BCUT2D eigenvalue weighted by Gasteiger charge is 2.16. The van der Waals surface area contributed by atoms with Crippen molar-refractivity contribution < 1.29 is 4.92 Å². The van der Waals surface area contributed by atoms with Crippen LogP contribution in [0.25, 0.3) is 11.1 Å².